The van der Waals surface area contributed by atoms with Crippen LogP contribution < -0.4 is 10.6 Å². The van der Waals surface area contributed by atoms with Crippen molar-refractivity contribution in [1.82, 2.24) is 20.4 Å². The number of hydrogen-bond donors (Lipinski definition) is 2. The number of aliphatic imine (C=N–C) groups is 1. The van der Waals surface area contributed by atoms with Gasteiger partial charge in [-0.25, -0.2) is 0 Å². The van der Waals surface area contributed by atoms with Crippen LogP contribution in [0.5, 0.6) is 0 Å². The van der Waals surface area contributed by atoms with Crippen LogP contribution in [0.15, 0.2) is 23.5 Å². The van der Waals surface area contributed by atoms with Crippen molar-refractivity contribution in [2.45, 2.75) is 39.2 Å². The number of aromatic nitrogens is 2. The van der Waals surface area contributed by atoms with Gasteiger partial charge in [0.1, 0.15) is 0 Å². The Kier molecular flexibility index (Phi) is 11.7. The van der Waals surface area contributed by atoms with Crippen molar-refractivity contribution < 1.29 is 0 Å². The van der Waals surface area contributed by atoms with Gasteiger partial charge >= 0.3 is 0 Å². The van der Waals surface area contributed by atoms with Gasteiger partial charge in [-0.2, -0.15) is 5.10 Å². The first-order chi connectivity index (χ1) is 8.86. The lowest BCUT2D eigenvalue weighted by Gasteiger charge is -2.11. The van der Waals surface area contributed by atoms with Crippen LogP contribution in [0.3, 0.4) is 0 Å². The van der Waals surface area contributed by atoms with Crippen molar-refractivity contribution in [3.05, 3.63) is 18.5 Å². The molecule has 0 bridgehead atoms. The lowest BCUT2D eigenvalue weighted by Crippen LogP contribution is -2.38. The maximum Gasteiger partial charge on any atom is 0.190 e. The highest BCUT2D eigenvalue weighted by Gasteiger charge is 1.96. The van der Waals surface area contributed by atoms with Crippen LogP contribution >= 0.6 is 24.0 Å². The SMILES string of the molecule is CCCCCNC(=NC)NCCCn1cccn1.I. The average Bonchev–Trinajstić information content (AvgIpc) is 2.90. The first kappa shape index (κ1) is 18.2. The quantitative estimate of drug-likeness (QED) is 0.315. The zero-order chi connectivity index (χ0) is 13.1. The zero-order valence-electron chi connectivity index (χ0n) is 11.9. The third-order valence-corrected chi connectivity index (χ3v) is 2.71. The van der Waals surface area contributed by atoms with E-state index in [2.05, 4.69) is 27.6 Å². The van der Waals surface area contributed by atoms with Gasteiger partial charge in [-0.1, -0.05) is 19.8 Å². The lowest BCUT2D eigenvalue weighted by atomic mass is 10.2. The first-order valence-electron chi connectivity index (χ1n) is 6.78. The van der Waals surface area contributed by atoms with Gasteiger partial charge in [0.05, 0.1) is 0 Å². The largest absolute Gasteiger partial charge is 0.356 e. The fourth-order valence-electron chi connectivity index (χ4n) is 1.68. The third kappa shape index (κ3) is 8.85. The molecule has 19 heavy (non-hydrogen) atoms. The van der Waals surface area contributed by atoms with Gasteiger partial charge < -0.3 is 10.6 Å². The van der Waals surface area contributed by atoms with Crippen LogP contribution in [0.2, 0.25) is 0 Å². The molecule has 0 spiro atoms. The van der Waals surface area contributed by atoms with Crippen molar-refractivity contribution in [3.8, 4) is 0 Å². The molecule has 0 aliphatic rings. The molecule has 1 rings (SSSR count). The molecule has 0 amide bonds. The molecule has 0 saturated heterocycles. The van der Waals surface area contributed by atoms with E-state index < -0.39 is 0 Å². The number of rotatable bonds is 8. The van der Waals surface area contributed by atoms with Crippen molar-refractivity contribution in [1.29, 1.82) is 0 Å². The average molecular weight is 379 g/mol. The van der Waals surface area contributed by atoms with Crippen molar-refractivity contribution >= 4 is 29.9 Å². The van der Waals surface area contributed by atoms with E-state index >= 15 is 0 Å². The van der Waals surface area contributed by atoms with Crippen molar-refractivity contribution in [2.24, 2.45) is 4.99 Å². The summed E-state index contributed by atoms with van der Waals surface area (Å²) in [6, 6.07) is 1.95. The van der Waals surface area contributed by atoms with Crippen molar-refractivity contribution in [3.63, 3.8) is 0 Å². The number of aryl methyl sites for hydroxylation is 1. The van der Waals surface area contributed by atoms with Crippen LogP contribution in [0.25, 0.3) is 0 Å². The Bertz CT molecular complexity index is 324. The van der Waals surface area contributed by atoms with E-state index in [-0.39, 0.29) is 24.0 Å². The van der Waals surface area contributed by atoms with Crippen LogP contribution in [0, 0.1) is 0 Å². The normalized spacial score (nSPS) is 10.9. The Morgan fingerprint density at radius 3 is 2.53 bits per heavy atom. The summed E-state index contributed by atoms with van der Waals surface area (Å²) in [5.41, 5.74) is 0. The van der Waals surface area contributed by atoms with E-state index in [4.69, 9.17) is 0 Å². The topological polar surface area (TPSA) is 54.2 Å². The fraction of sp³-hybridized carbons (Fsp3) is 0.692. The Hall–Kier alpha value is -0.790. The van der Waals surface area contributed by atoms with E-state index in [1.165, 1.54) is 19.3 Å². The molecule has 6 heteroatoms. The van der Waals surface area contributed by atoms with Gasteiger partial charge in [0.25, 0.3) is 0 Å². The predicted octanol–water partition coefficient (Wildman–Crippen LogP) is 2.25. The van der Waals surface area contributed by atoms with Crippen LogP contribution in [0.4, 0.5) is 0 Å². The molecule has 0 radical (unpaired) electrons. The van der Waals surface area contributed by atoms with E-state index in [1.54, 1.807) is 0 Å². The number of nitrogens with zero attached hydrogens (tertiary/aromatic N) is 3. The molecule has 2 N–H and O–H groups in total. The highest BCUT2D eigenvalue weighted by molar-refractivity contribution is 14.0. The molecule has 0 aromatic carbocycles. The highest BCUT2D eigenvalue weighted by Crippen LogP contribution is 1.91. The Morgan fingerprint density at radius 2 is 1.95 bits per heavy atom. The molecule has 110 valence electrons. The summed E-state index contributed by atoms with van der Waals surface area (Å²) < 4.78 is 1.94. The second-order valence-corrected chi connectivity index (χ2v) is 4.26. The van der Waals surface area contributed by atoms with Crippen LogP contribution in [-0.4, -0.2) is 35.9 Å². The lowest BCUT2D eigenvalue weighted by molar-refractivity contribution is 0.569. The summed E-state index contributed by atoms with van der Waals surface area (Å²) in [5.74, 6) is 0.895. The molecule has 0 atom stereocenters. The monoisotopic (exact) mass is 379 g/mol. The van der Waals surface area contributed by atoms with E-state index in [0.29, 0.717) is 0 Å². The van der Waals surface area contributed by atoms with Gasteiger partial charge in [0.2, 0.25) is 0 Å². The summed E-state index contributed by atoms with van der Waals surface area (Å²) >= 11 is 0. The maximum atomic E-state index is 4.19. The molecule has 1 heterocycles. The number of nitrogens with one attached hydrogen (secondary N) is 2. The molecule has 5 nitrogen and oxygen atoms in total. The summed E-state index contributed by atoms with van der Waals surface area (Å²) in [4.78, 5) is 4.19. The predicted molar refractivity (Wildman–Crippen MR) is 91.1 cm³/mol. The molecular formula is C13H26IN5. The summed E-state index contributed by atoms with van der Waals surface area (Å²) in [5, 5.41) is 10.8. The Labute approximate surface area is 133 Å². The molecular weight excluding hydrogens is 353 g/mol. The Balaban J connectivity index is 0.00000324. The van der Waals surface area contributed by atoms with E-state index in [1.807, 2.05) is 30.2 Å². The van der Waals surface area contributed by atoms with E-state index in [0.717, 1.165) is 32.0 Å². The van der Waals surface area contributed by atoms with Gasteiger partial charge in [-0.3, -0.25) is 9.67 Å². The number of unbranched alkanes of at least 4 members (excludes halogenated alkanes) is 2. The van der Waals surface area contributed by atoms with Gasteiger partial charge in [0.15, 0.2) is 5.96 Å². The summed E-state index contributed by atoms with van der Waals surface area (Å²) in [7, 11) is 1.81. The molecule has 1 aromatic rings. The molecule has 0 unspecified atom stereocenters. The van der Waals surface area contributed by atoms with Gasteiger partial charge in [-0.05, 0) is 18.9 Å². The molecule has 0 saturated carbocycles. The van der Waals surface area contributed by atoms with E-state index in [9.17, 15) is 0 Å². The van der Waals surface area contributed by atoms with Gasteiger partial charge in [-0.15, -0.1) is 24.0 Å². The van der Waals surface area contributed by atoms with Gasteiger partial charge in [0, 0.05) is 39.1 Å². The molecule has 1 aromatic heterocycles. The second-order valence-electron chi connectivity index (χ2n) is 4.26. The number of hydrogen-bond acceptors (Lipinski definition) is 2. The number of guanidine groups is 1. The summed E-state index contributed by atoms with van der Waals surface area (Å²) in [6.45, 7) is 5.05. The van der Waals surface area contributed by atoms with Crippen molar-refractivity contribution in [2.75, 3.05) is 20.1 Å². The zero-order valence-corrected chi connectivity index (χ0v) is 14.3. The molecule has 0 aliphatic heterocycles. The smallest absolute Gasteiger partial charge is 0.190 e. The minimum Gasteiger partial charge on any atom is -0.356 e. The maximum absolute atomic E-state index is 4.19. The molecule has 0 fully saturated rings. The summed E-state index contributed by atoms with van der Waals surface area (Å²) in [6.07, 6.45) is 8.54. The highest BCUT2D eigenvalue weighted by atomic mass is 127. The first-order valence-corrected chi connectivity index (χ1v) is 6.78. The fourth-order valence-corrected chi connectivity index (χ4v) is 1.68. The minimum atomic E-state index is 0. The number of halogens is 1. The standard InChI is InChI=1S/C13H25N5.HI/c1-3-4-5-8-15-13(14-2)16-9-6-11-18-12-7-10-17-18;/h7,10,12H,3-6,8-9,11H2,1-2H3,(H2,14,15,16);1H. The van der Waals surface area contributed by atoms with Crippen LogP contribution in [-0.2, 0) is 6.54 Å². The third-order valence-electron chi connectivity index (χ3n) is 2.71. The van der Waals surface area contributed by atoms with Crippen LogP contribution in [0.1, 0.15) is 32.6 Å². The Morgan fingerprint density at radius 1 is 1.21 bits per heavy atom. The minimum absolute atomic E-state index is 0. The second kappa shape index (κ2) is 12.3. The molecule has 0 aliphatic carbocycles.